The molecule has 0 radical (unpaired) electrons. The van der Waals surface area contributed by atoms with Crippen LogP contribution in [0.4, 0.5) is 11.4 Å². The first-order valence-corrected chi connectivity index (χ1v) is 13.0. The predicted octanol–water partition coefficient (Wildman–Crippen LogP) is 5.51. The summed E-state index contributed by atoms with van der Waals surface area (Å²) in [6, 6.07) is 19.5. The van der Waals surface area contributed by atoms with Gasteiger partial charge < -0.3 is 5.32 Å². The monoisotopic (exact) mass is 526 g/mol. The molecule has 178 valence electrons. The number of hydrogen-bond acceptors (Lipinski definition) is 4. The number of fused-ring (bicyclic) bond motifs is 1. The molecule has 3 aromatic carbocycles. The highest BCUT2D eigenvalue weighted by molar-refractivity contribution is 7.90. The van der Waals surface area contributed by atoms with Crippen LogP contribution in [-0.4, -0.2) is 32.4 Å². The van der Waals surface area contributed by atoms with Crippen molar-refractivity contribution in [2.75, 3.05) is 22.7 Å². The molecule has 35 heavy (non-hydrogen) atoms. The molecule has 0 saturated carbocycles. The molecule has 1 aliphatic rings. The Bertz CT molecular complexity index is 1550. The summed E-state index contributed by atoms with van der Waals surface area (Å²) in [6.07, 6.45) is 2.39. The smallest absolute Gasteiger partial charge is 0.301 e. The van der Waals surface area contributed by atoms with Crippen LogP contribution in [0.1, 0.15) is 16.8 Å². The van der Waals surface area contributed by atoms with Gasteiger partial charge in [0.25, 0.3) is 5.91 Å². The van der Waals surface area contributed by atoms with E-state index in [1.807, 2.05) is 30.3 Å². The van der Waals surface area contributed by atoms with Gasteiger partial charge in [-0.15, -0.1) is 0 Å². The van der Waals surface area contributed by atoms with Crippen molar-refractivity contribution in [1.29, 1.82) is 0 Å². The highest BCUT2D eigenvalue weighted by atomic mass is 35.5. The van der Waals surface area contributed by atoms with Crippen molar-refractivity contribution < 1.29 is 13.2 Å². The molecule has 4 aromatic rings. The maximum absolute atomic E-state index is 13.0. The van der Waals surface area contributed by atoms with E-state index in [1.165, 1.54) is 16.4 Å². The Labute approximate surface area is 212 Å². The Morgan fingerprint density at radius 3 is 2.63 bits per heavy atom. The van der Waals surface area contributed by atoms with Gasteiger partial charge in [-0.25, -0.2) is 0 Å². The van der Waals surface area contributed by atoms with Crippen LogP contribution in [0.2, 0.25) is 10.0 Å². The lowest BCUT2D eigenvalue weighted by atomic mass is 10.0. The van der Waals surface area contributed by atoms with Gasteiger partial charge >= 0.3 is 10.2 Å². The van der Waals surface area contributed by atoms with Gasteiger partial charge in [-0.05, 0) is 54.3 Å². The molecule has 0 aliphatic carbocycles. The minimum atomic E-state index is -3.62. The van der Waals surface area contributed by atoms with Gasteiger partial charge in [0.15, 0.2) is 0 Å². The van der Waals surface area contributed by atoms with Crippen molar-refractivity contribution in [2.45, 2.75) is 6.42 Å². The van der Waals surface area contributed by atoms with Gasteiger partial charge in [0, 0.05) is 35.9 Å². The number of nitrogens with zero attached hydrogens (tertiary/aromatic N) is 2. The Morgan fingerprint density at radius 1 is 1.00 bits per heavy atom. The zero-order valence-corrected chi connectivity index (χ0v) is 20.7. The lowest BCUT2D eigenvalue weighted by molar-refractivity contribution is 0.102. The third-order valence-electron chi connectivity index (χ3n) is 5.75. The van der Waals surface area contributed by atoms with Crippen LogP contribution in [0.15, 0.2) is 72.9 Å². The van der Waals surface area contributed by atoms with Crippen molar-refractivity contribution in [3.8, 4) is 11.3 Å². The summed E-state index contributed by atoms with van der Waals surface area (Å²) >= 11 is 12.9. The number of anilines is 2. The van der Waals surface area contributed by atoms with E-state index in [0.717, 1.165) is 10.8 Å². The number of carbonyl (C=O) groups excluding carboxylic acids is 1. The first-order chi connectivity index (χ1) is 16.8. The molecule has 0 bridgehead atoms. The molecule has 5 rings (SSSR count). The lowest BCUT2D eigenvalue weighted by Gasteiger charge is -2.28. The van der Waals surface area contributed by atoms with Crippen LogP contribution in [0, 0.1) is 0 Å². The Kier molecular flexibility index (Phi) is 6.37. The average molecular weight is 527 g/mol. The predicted molar refractivity (Wildman–Crippen MR) is 140 cm³/mol. The average Bonchev–Trinajstić information content (AvgIpc) is 2.84. The Balaban J connectivity index is 1.43. The van der Waals surface area contributed by atoms with E-state index >= 15 is 0 Å². The van der Waals surface area contributed by atoms with Crippen LogP contribution in [0.25, 0.3) is 22.0 Å². The molecule has 2 heterocycles. The second kappa shape index (κ2) is 9.47. The number of pyridine rings is 1. The van der Waals surface area contributed by atoms with E-state index in [4.69, 9.17) is 23.2 Å². The van der Waals surface area contributed by atoms with Crippen molar-refractivity contribution in [1.82, 2.24) is 9.71 Å². The van der Waals surface area contributed by atoms with E-state index in [0.29, 0.717) is 47.2 Å². The minimum Gasteiger partial charge on any atom is -0.322 e. The fourth-order valence-corrected chi connectivity index (χ4v) is 5.84. The van der Waals surface area contributed by atoms with Crippen LogP contribution in [0.3, 0.4) is 0 Å². The van der Waals surface area contributed by atoms with Crippen LogP contribution in [-0.2, 0) is 10.2 Å². The third-order valence-corrected chi connectivity index (χ3v) is 7.94. The zero-order valence-electron chi connectivity index (χ0n) is 18.3. The summed E-state index contributed by atoms with van der Waals surface area (Å²) in [4.78, 5) is 17.5. The van der Waals surface area contributed by atoms with Crippen LogP contribution in [0.5, 0.6) is 0 Å². The topological polar surface area (TPSA) is 91.4 Å². The molecular formula is C25H20Cl2N4O3S. The molecular weight excluding hydrogens is 507 g/mol. The molecule has 10 heteroatoms. The second-order valence-corrected chi connectivity index (χ2v) is 10.5. The van der Waals surface area contributed by atoms with Crippen LogP contribution < -0.4 is 14.3 Å². The highest BCUT2D eigenvalue weighted by Crippen LogP contribution is 2.34. The molecule has 1 fully saturated rings. The van der Waals surface area contributed by atoms with E-state index in [-0.39, 0.29) is 10.6 Å². The Morgan fingerprint density at radius 2 is 1.83 bits per heavy atom. The van der Waals surface area contributed by atoms with Crippen LogP contribution >= 0.6 is 23.2 Å². The number of benzene rings is 3. The van der Waals surface area contributed by atoms with E-state index < -0.39 is 16.1 Å². The maximum atomic E-state index is 13.0. The SMILES string of the molecule is O=C(Nc1ccc(Cl)c(-c2nccc3ccccc23)c1)c1ccc(N2CCCNS2(=O)=O)cc1Cl. The molecule has 1 amide bonds. The first-order valence-electron chi connectivity index (χ1n) is 10.9. The maximum Gasteiger partial charge on any atom is 0.301 e. The highest BCUT2D eigenvalue weighted by Gasteiger charge is 2.26. The number of amides is 1. The fourth-order valence-electron chi connectivity index (χ4n) is 4.05. The van der Waals surface area contributed by atoms with Crippen molar-refractivity contribution in [3.63, 3.8) is 0 Å². The molecule has 0 atom stereocenters. The molecule has 1 aliphatic heterocycles. The van der Waals surface area contributed by atoms with Gasteiger partial charge in [0.05, 0.1) is 27.0 Å². The number of halogens is 2. The Hall–Kier alpha value is -3.17. The summed E-state index contributed by atoms with van der Waals surface area (Å²) in [5, 5.41) is 5.47. The molecule has 1 aromatic heterocycles. The molecule has 1 saturated heterocycles. The lowest BCUT2D eigenvalue weighted by Crippen LogP contribution is -2.47. The van der Waals surface area contributed by atoms with Crippen molar-refractivity contribution in [2.24, 2.45) is 0 Å². The first kappa shape index (κ1) is 23.6. The standard InChI is InChI=1S/C25H20Cl2N4O3S/c26-22-9-6-17(14-21(22)24-19-5-2-1-4-16(19)10-12-28-24)30-25(32)20-8-7-18(15-23(20)27)31-13-3-11-29-35(31,33)34/h1-2,4-10,12,14-15,29H,3,11,13H2,(H,30,32). The summed E-state index contributed by atoms with van der Waals surface area (Å²) in [5.74, 6) is -0.430. The zero-order chi connectivity index (χ0) is 24.6. The van der Waals surface area contributed by atoms with Crippen molar-refractivity contribution in [3.05, 3.63) is 88.5 Å². The molecule has 7 nitrogen and oxygen atoms in total. The third kappa shape index (κ3) is 4.70. The van der Waals surface area contributed by atoms with E-state index in [2.05, 4.69) is 15.0 Å². The number of nitrogens with one attached hydrogen (secondary N) is 2. The summed E-state index contributed by atoms with van der Waals surface area (Å²) in [6.45, 7) is 0.734. The van der Waals surface area contributed by atoms with Gasteiger partial charge in [0.1, 0.15) is 0 Å². The summed E-state index contributed by atoms with van der Waals surface area (Å²) in [5.41, 5.74) is 2.53. The largest absolute Gasteiger partial charge is 0.322 e. The van der Waals surface area contributed by atoms with Gasteiger partial charge in [-0.2, -0.15) is 13.1 Å². The minimum absolute atomic E-state index is 0.144. The quantitative estimate of drug-likeness (QED) is 0.367. The number of carbonyl (C=O) groups is 1. The number of aromatic nitrogens is 1. The molecule has 0 unspecified atom stereocenters. The second-order valence-electron chi connectivity index (χ2n) is 8.02. The van der Waals surface area contributed by atoms with Crippen molar-refractivity contribution >= 4 is 61.5 Å². The van der Waals surface area contributed by atoms with E-state index in [1.54, 1.807) is 30.5 Å². The number of hydrogen-bond donors (Lipinski definition) is 2. The van der Waals surface area contributed by atoms with Gasteiger partial charge in [-0.3, -0.25) is 14.1 Å². The van der Waals surface area contributed by atoms with E-state index in [9.17, 15) is 13.2 Å². The van der Waals surface area contributed by atoms with Gasteiger partial charge in [0.2, 0.25) is 0 Å². The normalized spacial score (nSPS) is 15.2. The summed E-state index contributed by atoms with van der Waals surface area (Å²) < 4.78 is 28.3. The number of rotatable bonds is 4. The summed E-state index contributed by atoms with van der Waals surface area (Å²) in [7, 11) is -3.62. The molecule has 2 N–H and O–H groups in total. The fraction of sp³-hybridized carbons (Fsp3) is 0.120. The molecule has 0 spiro atoms. The van der Waals surface area contributed by atoms with Gasteiger partial charge in [-0.1, -0.05) is 47.5 Å².